The monoisotopic (exact) mass is 341 g/mol. The Morgan fingerprint density at radius 3 is 2.40 bits per heavy atom. The van der Waals surface area contributed by atoms with Gasteiger partial charge < -0.3 is 14.4 Å². The second kappa shape index (κ2) is 7.13. The molecule has 2 heterocycles. The van der Waals surface area contributed by atoms with Crippen LogP contribution in [0.2, 0.25) is 0 Å². The van der Waals surface area contributed by atoms with Crippen LogP contribution in [0.4, 0.5) is 0 Å². The van der Waals surface area contributed by atoms with E-state index in [1.807, 2.05) is 49.1 Å². The van der Waals surface area contributed by atoms with E-state index in [0.717, 1.165) is 29.7 Å². The molecular weight excluding hydrogens is 318 g/mol. The third-order valence-corrected chi connectivity index (χ3v) is 5.00. The van der Waals surface area contributed by atoms with E-state index in [4.69, 9.17) is 9.52 Å². The molecule has 1 amide bonds. The molecule has 0 radical (unpaired) electrons. The molecule has 0 spiro atoms. The number of aryl methyl sites for hydroxylation is 1. The summed E-state index contributed by atoms with van der Waals surface area (Å²) in [6.45, 7) is 4.97. The highest BCUT2D eigenvalue weighted by Gasteiger charge is 2.30. The van der Waals surface area contributed by atoms with Crippen molar-refractivity contribution in [3.05, 3.63) is 47.2 Å². The Labute approximate surface area is 147 Å². The van der Waals surface area contributed by atoms with Gasteiger partial charge in [-0.05, 0) is 32.6 Å². The first-order chi connectivity index (χ1) is 12.0. The maximum Gasteiger partial charge on any atom is 0.303 e. The molecular formula is C20H23NO4. The molecule has 5 nitrogen and oxygen atoms in total. The summed E-state index contributed by atoms with van der Waals surface area (Å²) >= 11 is 0. The molecule has 3 rings (SSSR count). The number of carbonyl (C=O) groups excluding carboxylic acids is 1. The maximum absolute atomic E-state index is 13.1. The molecule has 1 saturated heterocycles. The van der Waals surface area contributed by atoms with Gasteiger partial charge in [-0.15, -0.1) is 0 Å². The van der Waals surface area contributed by atoms with E-state index in [1.54, 1.807) is 0 Å². The molecule has 1 aliphatic heterocycles. The zero-order valence-corrected chi connectivity index (χ0v) is 14.6. The first-order valence-corrected chi connectivity index (χ1v) is 8.64. The number of carboxylic acid groups (broad SMARTS) is 1. The first-order valence-electron chi connectivity index (χ1n) is 8.64. The Balaban J connectivity index is 1.83. The number of carbonyl (C=O) groups is 2. The van der Waals surface area contributed by atoms with E-state index >= 15 is 0 Å². The first kappa shape index (κ1) is 17.3. The molecule has 0 bridgehead atoms. The third-order valence-electron chi connectivity index (χ3n) is 5.00. The molecule has 1 fully saturated rings. The molecule has 5 heteroatoms. The van der Waals surface area contributed by atoms with Crippen LogP contribution in [0.15, 0.2) is 34.7 Å². The summed E-state index contributed by atoms with van der Waals surface area (Å²) in [7, 11) is 0. The molecule has 1 aliphatic rings. The number of furan rings is 1. The molecule has 2 aromatic rings. The minimum absolute atomic E-state index is 0.0259. The molecule has 0 saturated carbocycles. The number of benzene rings is 1. The van der Waals surface area contributed by atoms with Gasteiger partial charge in [-0.1, -0.05) is 30.3 Å². The summed E-state index contributed by atoms with van der Waals surface area (Å²) in [5.74, 6) is 0.734. The molecule has 0 unspecified atom stereocenters. The zero-order valence-electron chi connectivity index (χ0n) is 14.6. The Morgan fingerprint density at radius 2 is 1.80 bits per heavy atom. The highest BCUT2D eigenvalue weighted by molar-refractivity contribution is 6.01. The summed E-state index contributed by atoms with van der Waals surface area (Å²) in [6, 6.07) is 9.66. The normalized spacial score (nSPS) is 15.4. The summed E-state index contributed by atoms with van der Waals surface area (Å²) in [6.07, 6.45) is 1.64. The Hall–Kier alpha value is -2.56. The van der Waals surface area contributed by atoms with Gasteiger partial charge in [-0.3, -0.25) is 9.59 Å². The van der Waals surface area contributed by atoms with Gasteiger partial charge in [0.25, 0.3) is 5.91 Å². The largest absolute Gasteiger partial charge is 0.481 e. The molecule has 1 N–H and O–H groups in total. The predicted octanol–water partition coefficient (Wildman–Crippen LogP) is 3.89. The van der Waals surface area contributed by atoms with Crippen molar-refractivity contribution in [3.8, 4) is 11.3 Å². The second-order valence-corrected chi connectivity index (χ2v) is 6.69. The summed E-state index contributed by atoms with van der Waals surface area (Å²) in [5.41, 5.74) is 2.39. The quantitative estimate of drug-likeness (QED) is 0.916. The number of likely N-dealkylation sites (tertiary alicyclic amines) is 1. The number of amides is 1. The highest BCUT2D eigenvalue weighted by Crippen LogP contribution is 2.33. The summed E-state index contributed by atoms with van der Waals surface area (Å²) < 4.78 is 5.89. The van der Waals surface area contributed by atoms with Crippen molar-refractivity contribution in [1.82, 2.24) is 4.90 Å². The van der Waals surface area contributed by atoms with Crippen molar-refractivity contribution in [2.24, 2.45) is 5.92 Å². The molecule has 0 aliphatic carbocycles. The number of aliphatic carboxylic acids is 1. The van der Waals surface area contributed by atoms with Gasteiger partial charge in [0.2, 0.25) is 0 Å². The molecule has 132 valence electrons. The molecule has 0 atom stereocenters. The van der Waals surface area contributed by atoms with Gasteiger partial charge in [-0.25, -0.2) is 0 Å². The van der Waals surface area contributed by atoms with E-state index in [0.29, 0.717) is 24.4 Å². The lowest BCUT2D eigenvalue weighted by molar-refractivity contribution is -0.138. The fourth-order valence-electron chi connectivity index (χ4n) is 3.42. The van der Waals surface area contributed by atoms with E-state index in [9.17, 15) is 9.59 Å². The van der Waals surface area contributed by atoms with Crippen molar-refractivity contribution in [1.29, 1.82) is 0 Å². The minimum atomic E-state index is -0.766. The number of nitrogens with zero attached hydrogens (tertiary/aromatic N) is 1. The lowest BCUT2D eigenvalue weighted by Gasteiger charge is -2.31. The SMILES string of the molecule is Cc1oc(-c2ccccc2)c(C(=O)N2CCC(CC(=O)O)CC2)c1C. The number of hydrogen-bond donors (Lipinski definition) is 1. The van der Waals surface area contributed by atoms with Crippen LogP contribution in [-0.2, 0) is 4.79 Å². The number of rotatable bonds is 4. The van der Waals surface area contributed by atoms with Gasteiger partial charge in [0.05, 0.1) is 5.56 Å². The van der Waals surface area contributed by atoms with Crippen molar-refractivity contribution < 1.29 is 19.1 Å². The van der Waals surface area contributed by atoms with Crippen molar-refractivity contribution >= 4 is 11.9 Å². The average Bonchev–Trinajstić information content (AvgIpc) is 2.90. The highest BCUT2D eigenvalue weighted by atomic mass is 16.4. The van der Waals surface area contributed by atoms with Gasteiger partial charge >= 0.3 is 5.97 Å². The van der Waals surface area contributed by atoms with Crippen LogP contribution in [0, 0.1) is 19.8 Å². The Morgan fingerprint density at radius 1 is 1.16 bits per heavy atom. The topological polar surface area (TPSA) is 70.8 Å². The lowest BCUT2D eigenvalue weighted by atomic mass is 9.93. The van der Waals surface area contributed by atoms with Crippen LogP contribution in [0.25, 0.3) is 11.3 Å². The van der Waals surface area contributed by atoms with Crippen molar-refractivity contribution in [2.75, 3.05) is 13.1 Å². The third kappa shape index (κ3) is 3.60. The fourth-order valence-corrected chi connectivity index (χ4v) is 3.42. The smallest absolute Gasteiger partial charge is 0.303 e. The van der Waals surface area contributed by atoms with E-state index in [2.05, 4.69) is 0 Å². The van der Waals surface area contributed by atoms with Crippen LogP contribution in [0.1, 0.15) is 40.9 Å². The van der Waals surface area contributed by atoms with E-state index < -0.39 is 5.97 Å². The van der Waals surface area contributed by atoms with Gasteiger partial charge in [0.15, 0.2) is 0 Å². The summed E-state index contributed by atoms with van der Waals surface area (Å²) in [4.78, 5) is 25.8. The van der Waals surface area contributed by atoms with Crippen molar-refractivity contribution in [2.45, 2.75) is 33.1 Å². The van der Waals surface area contributed by atoms with Crippen LogP contribution < -0.4 is 0 Å². The average molecular weight is 341 g/mol. The standard InChI is InChI=1S/C20H23NO4/c1-13-14(2)25-19(16-6-4-3-5-7-16)18(13)20(24)21-10-8-15(9-11-21)12-17(22)23/h3-7,15H,8-12H2,1-2H3,(H,22,23). The number of carboxylic acids is 1. The van der Waals surface area contributed by atoms with E-state index in [1.165, 1.54) is 0 Å². The number of piperidine rings is 1. The maximum atomic E-state index is 13.1. The lowest BCUT2D eigenvalue weighted by Crippen LogP contribution is -2.39. The summed E-state index contributed by atoms with van der Waals surface area (Å²) in [5, 5.41) is 8.93. The molecule has 25 heavy (non-hydrogen) atoms. The van der Waals surface area contributed by atoms with Gasteiger partial charge in [0.1, 0.15) is 11.5 Å². The van der Waals surface area contributed by atoms with Gasteiger partial charge in [0, 0.05) is 30.6 Å². The van der Waals surface area contributed by atoms with Crippen molar-refractivity contribution in [3.63, 3.8) is 0 Å². The zero-order chi connectivity index (χ0) is 18.0. The molecule has 1 aromatic heterocycles. The predicted molar refractivity (Wildman–Crippen MR) is 94.5 cm³/mol. The Kier molecular flexibility index (Phi) is 4.93. The minimum Gasteiger partial charge on any atom is -0.481 e. The fraction of sp³-hybridized carbons (Fsp3) is 0.400. The van der Waals surface area contributed by atoms with Crippen LogP contribution in [0.3, 0.4) is 0 Å². The Bertz CT molecular complexity index is 770. The van der Waals surface area contributed by atoms with Gasteiger partial charge in [-0.2, -0.15) is 0 Å². The number of hydrogen-bond acceptors (Lipinski definition) is 3. The second-order valence-electron chi connectivity index (χ2n) is 6.69. The molecule has 1 aromatic carbocycles. The van der Waals surface area contributed by atoms with E-state index in [-0.39, 0.29) is 18.2 Å². The van der Waals surface area contributed by atoms with Crippen LogP contribution in [-0.4, -0.2) is 35.0 Å². The van der Waals surface area contributed by atoms with Crippen LogP contribution >= 0.6 is 0 Å². The van der Waals surface area contributed by atoms with Crippen LogP contribution in [0.5, 0.6) is 0 Å².